The third-order valence-corrected chi connectivity index (χ3v) is 3.54. The number of aliphatic imine (C=N–C) groups is 1. The first-order valence-electron chi connectivity index (χ1n) is 8.32. The van der Waals surface area contributed by atoms with Gasteiger partial charge in [-0.2, -0.15) is 0 Å². The fourth-order valence-corrected chi connectivity index (χ4v) is 2.27. The first kappa shape index (κ1) is 19.3. The fraction of sp³-hybridized carbons (Fsp3) is 0.611. The summed E-state index contributed by atoms with van der Waals surface area (Å²) in [4.78, 5) is 6.86. The van der Waals surface area contributed by atoms with Crippen LogP contribution in [0.3, 0.4) is 0 Å². The van der Waals surface area contributed by atoms with Crippen molar-refractivity contribution in [1.29, 1.82) is 0 Å². The fourth-order valence-electron chi connectivity index (χ4n) is 2.27. The Morgan fingerprint density at radius 3 is 2.48 bits per heavy atom. The predicted octanol–water partition coefficient (Wildman–Crippen LogP) is 2.91. The number of methoxy groups -OCH3 is 2. The van der Waals surface area contributed by atoms with Crippen molar-refractivity contribution in [3.63, 3.8) is 0 Å². The lowest BCUT2D eigenvalue weighted by molar-refractivity contribution is 0.192. The van der Waals surface area contributed by atoms with Gasteiger partial charge in [-0.15, -0.1) is 0 Å². The van der Waals surface area contributed by atoms with E-state index in [0.29, 0.717) is 0 Å². The molecule has 0 radical (unpaired) electrons. The van der Waals surface area contributed by atoms with E-state index in [1.165, 1.54) is 5.56 Å². The van der Waals surface area contributed by atoms with Crippen LogP contribution in [0, 0.1) is 0 Å². The van der Waals surface area contributed by atoms with Gasteiger partial charge in [0.15, 0.2) is 5.96 Å². The van der Waals surface area contributed by atoms with E-state index in [9.17, 15) is 0 Å². The highest BCUT2D eigenvalue weighted by Gasteiger charge is 2.06. The summed E-state index contributed by atoms with van der Waals surface area (Å²) in [5.41, 5.74) is 1.24. The number of ether oxygens (including phenoxy) is 2. The van der Waals surface area contributed by atoms with E-state index in [2.05, 4.69) is 36.3 Å². The summed E-state index contributed by atoms with van der Waals surface area (Å²) in [6.07, 6.45) is 3.35. The molecule has 5 nitrogen and oxygen atoms in total. The average Bonchev–Trinajstić information content (AvgIpc) is 2.57. The largest absolute Gasteiger partial charge is 0.497 e. The van der Waals surface area contributed by atoms with Crippen LogP contribution in [0.15, 0.2) is 29.3 Å². The topological polar surface area (TPSA) is 46.1 Å². The van der Waals surface area contributed by atoms with Gasteiger partial charge in [0.2, 0.25) is 0 Å². The lowest BCUT2D eigenvalue weighted by atomic mass is 10.2. The normalized spacial score (nSPS) is 11.4. The second kappa shape index (κ2) is 11.8. The predicted molar refractivity (Wildman–Crippen MR) is 96.2 cm³/mol. The van der Waals surface area contributed by atoms with Crippen molar-refractivity contribution in [2.45, 2.75) is 32.7 Å². The van der Waals surface area contributed by atoms with E-state index in [4.69, 9.17) is 14.5 Å². The molecular formula is C18H31N3O2. The quantitative estimate of drug-likeness (QED) is 0.409. The third-order valence-electron chi connectivity index (χ3n) is 3.54. The lowest BCUT2D eigenvalue weighted by Crippen LogP contribution is -2.38. The van der Waals surface area contributed by atoms with Gasteiger partial charge in [-0.1, -0.05) is 12.1 Å². The number of benzene rings is 1. The first-order valence-corrected chi connectivity index (χ1v) is 8.32. The molecule has 0 aliphatic heterocycles. The minimum absolute atomic E-state index is 0.819. The van der Waals surface area contributed by atoms with Gasteiger partial charge < -0.3 is 19.7 Å². The van der Waals surface area contributed by atoms with Crippen LogP contribution in [0.1, 0.15) is 31.7 Å². The molecule has 1 aromatic rings. The Balaban J connectivity index is 2.49. The standard InChI is InChI=1S/C18H31N3O2/c1-5-19-18(20-13-7-6-8-14-22-3)21(2)15-16-9-11-17(23-4)12-10-16/h9-12H,5-8,13-15H2,1-4H3,(H,19,20). The summed E-state index contributed by atoms with van der Waals surface area (Å²) >= 11 is 0. The molecule has 0 atom stereocenters. The van der Waals surface area contributed by atoms with Gasteiger partial charge in [0.05, 0.1) is 7.11 Å². The Morgan fingerprint density at radius 2 is 1.87 bits per heavy atom. The Morgan fingerprint density at radius 1 is 1.13 bits per heavy atom. The molecule has 0 aliphatic carbocycles. The second-order valence-corrected chi connectivity index (χ2v) is 5.49. The highest BCUT2D eigenvalue weighted by molar-refractivity contribution is 5.79. The third kappa shape index (κ3) is 7.88. The van der Waals surface area contributed by atoms with Gasteiger partial charge in [-0.3, -0.25) is 4.99 Å². The molecule has 0 aromatic heterocycles. The molecule has 0 heterocycles. The number of rotatable bonds is 10. The minimum Gasteiger partial charge on any atom is -0.497 e. The Hall–Kier alpha value is -1.75. The molecule has 5 heteroatoms. The van der Waals surface area contributed by atoms with Crippen LogP contribution in [0.25, 0.3) is 0 Å². The van der Waals surface area contributed by atoms with Crippen LogP contribution >= 0.6 is 0 Å². The molecule has 1 rings (SSSR count). The van der Waals surface area contributed by atoms with Crippen molar-refractivity contribution in [2.75, 3.05) is 41.0 Å². The molecule has 130 valence electrons. The van der Waals surface area contributed by atoms with Crippen molar-refractivity contribution >= 4 is 5.96 Å². The summed E-state index contributed by atoms with van der Waals surface area (Å²) in [5.74, 6) is 1.84. The van der Waals surface area contributed by atoms with Crippen LogP contribution in [-0.4, -0.2) is 51.8 Å². The molecule has 0 unspecified atom stereocenters. The van der Waals surface area contributed by atoms with Gasteiger partial charge in [-0.05, 0) is 43.9 Å². The summed E-state index contributed by atoms with van der Waals surface area (Å²) in [7, 11) is 5.50. The number of hydrogen-bond acceptors (Lipinski definition) is 3. The Labute approximate surface area is 140 Å². The van der Waals surface area contributed by atoms with Crippen LogP contribution in [0.4, 0.5) is 0 Å². The molecule has 0 bridgehead atoms. The zero-order valence-corrected chi connectivity index (χ0v) is 15.0. The maximum Gasteiger partial charge on any atom is 0.193 e. The van der Waals surface area contributed by atoms with Crippen molar-refractivity contribution < 1.29 is 9.47 Å². The zero-order valence-electron chi connectivity index (χ0n) is 15.0. The molecule has 0 aliphatic rings. The SMILES string of the molecule is CCNC(=NCCCCCOC)N(C)Cc1ccc(OC)cc1. The van der Waals surface area contributed by atoms with E-state index in [1.807, 2.05) is 12.1 Å². The van der Waals surface area contributed by atoms with Crippen molar-refractivity contribution in [3.05, 3.63) is 29.8 Å². The van der Waals surface area contributed by atoms with Crippen LogP contribution in [-0.2, 0) is 11.3 Å². The van der Waals surface area contributed by atoms with Gasteiger partial charge >= 0.3 is 0 Å². The molecule has 0 amide bonds. The number of guanidine groups is 1. The monoisotopic (exact) mass is 321 g/mol. The summed E-state index contributed by atoms with van der Waals surface area (Å²) in [6.45, 7) is 5.46. The molecule has 0 spiro atoms. The van der Waals surface area contributed by atoms with E-state index >= 15 is 0 Å². The second-order valence-electron chi connectivity index (χ2n) is 5.49. The maximum absolute atomic E-state index is 5.19. The average molecular weight is 321 g/mol. The smallest absolute Gasteiger partial charge is 0.193 e. The number of hydrogen-bond donors (Lipinski definition) is 1. The minimum atomic E-state index is 0.819. The van der Waals surface area contributed by atoms with E-state index in [-0.39, 0.29) is 0 Å². The van der Waals surface area contributed by atoms with Gasteiger partial charge in [0, 0.05) is 40.4 Å². The van der Waals surface area contributed by atoms with Crippen molar-refractivity contribution in [1.82, 2.24) is 10.2 Å². The molecule has 1 N–H and O–H groups in total. The summed E-state index contributed by atoms with van der Waals surface area (Å²) in [6, 6.07) is 8.15. The van der Waals surface area contributed by atoms with Crippen LogP contribution in [0.2, 0.25) is 0 Å². The van der Waals surface area contributed by atoms with Gasteiger partial charge in [0.1, 0.15) is 5.75 Å². The number of unbranched alkanes of at least 4 members (excludes halogenated alkanes) is 2. The molecule has 1 aromatic carbocycles. The Kier molecular flexibility index (Phi) is 9.87. The summed E-state index contributed by atoms with van der Waals surface area (Å²) in [5, 5.41) is 3.35. The Bertz CT molecular complexity index is 446. The zero-order chi connectivity index (χ0) is 16.9. The lowest BCUT2D eigenvalue weighted by Gasteiger charge is -2.22. The first-order chi connectivity index (χ1) is 11.2. The van der Waals surface area contributed by atoms with Gasteiger partial charge in [-0.25, -0.2) is 0 Å². The van der Waals surface area contributed by atoms with Crippen LogP contribution < -0.4 is 10.1 Å². The number of nitrogens with one attached hydrogen (secondary N) is 1. The van der Waals surface area contributed by atoms with E-state index in [1.54, 1.807) is 14.2 Å². The van der Waals surface area contributed by atoms with Gasteiger partial charge in [0.25, 0.3) is 0 Å². The molecule has 0 saturated heterocycles. The number of nitrogens with zero attached hydrogens (tertiary/aromatic N) is 2. The molecule has 23 heavy (non-hydrogen) atoms. The molecular weight excluding hydrogens is 290 g/mol. The van der Waals surface area contributed by atoms with Crippen molar-refractivity contribution in [2.24, 2.45) is 4.99 Å². The van der Waals surface area contributed by atoms with Crippen molar-refractivity contribution in [3.8, 4) is 5.75 Å². The highest BCUT2D eigenvalue weighted by Crippen LogP contribution is 2.12. The highest BCUT2D eigenvalue weighted by atomic mass is 16.5. The summed E-state index contributed by atoms with van der Waals surface area (Å²) < 4.78 is 10.3. The van der Waals surface area contributed by atoms with E-state index in [0.717, 1.165) is 57.2 Å². The maximum atomic E-state index is 5.19. The van der Waals surface area contributed by atoms with E-state index < -0.39 is 0 Å². The van der Waals surface area contributed by atoms with Crippen LogP contribution in [0.5, 0.6) is 5.75 Å². The molecule has 0 saturated carbocycles. The molecule has 0 fully saturated rings.